The van der Waals surface area contributed by atoms with Crippen molar-refractivity contribution in [2.45, 2.75) is 0 Å². The molecule has 0 rings (SSSR count). The summed E-state index contributed by atoms with van der Waals surface area (Å²) >= 11 is 0. The first-order valence-electron chi connectivity index (χ1n) is 1.71. The van der Waals surface area contributed by atoms with E-state index in [4.69, 9.17) is 25.3 Å². The summed E-state index contributed by atoms with van der Waals surface area (Å²) in [6.07, 6.45) is 0. The van der Waals surface area contributed by atoms with Crippen molar-refractivity contribution < 1.29 is 42.6 Å². The van der Waals surface area contributed by atoms with E-state index in [1.807, 2.05) is 0 Å². The Morgan fingerprint density at radius 3 is 0.538 bits per heavy atom. The Bertz CT molecular complexity index is 216. The SMILES string of the molecule is N[S-](=O)=O.N[S-](=O)=O.N[S-](=O)=O.[Cr+3]. The number of rotatable bonds is 0. The van der Waals surface area contributed by atoms with Gasteiger partial charge in [0.25, 0.3) is 0 Å². The number of hydrogen-bond donors (Lipinski definition) is 3. The molecule has 81 valence electrons. The predicted octanol–water partition coefficient (Wildman–Crippen LogP) is -2.49. The van der Waals surface area contributed by atoms with Crippen molar-refractivity contribution in [3.63, 3.8) is 0 Å². The van der Waals surface area contributed by atoms with Gasteiger partial charge in [0.15, 0.2) is 0 Å². The average molecular weight is 292 g/mol. The Hall–Kier alpha value is 0.262. The van der Waals surface area contributed by atoms with Crippen molar-refractivity contribution >= 4 is 32.7 Å². The molecule has 0 spiro atoms. The van der Waals surface area contributed by atoms with E-state index in [0.29, 0.717) is 0 Å². The molecule has 0 heterocycles. The van der Waals surface area contributed by atoms with E-state index in [0.717, 1.165) is 0 Å². The van der Waals surface area contributed by atoms with Gasteiger partial charge in [-0.05, 0) is 32.7 Å². The third kappa shape index (κ3) is 18700. The first-order chi connectivity index (χ1) is 5.20. The van der Waals surface area contributed by atoms with Crippen LogP contribution in [-0.2, 0) is 75.3 Å². The summed E-state index contributed by atoms with van der Waals surface area (Å²) in [4.78, 5) is 0. The van der Waals surface area contributed by atoms with Crippen LogP contribution in [-0.4, -0.2) is 0 Å². The average Bonchev–Trinajstić information content (AvgIpc) is 1.54. The van der Waals surface area contributed by atoms with E-state index < -0.39 is 32.7 Å². The molecule has 0 aliphatic heterocycles. The van der Waals surface area contributed by atoms with E-state index >= 15 is 0 Å². The maximum absolute atomic E-state index is 8.78. The van der Waals surface area contributed by atoms with Crippen LogP contribution in [0.15, 0.2) is 0 Å². The van der Waals surface area contributed by atoms with Crippen LogP contribution in [0, 0.1) is 0 Å². The molecule has 13 heteroatoms. The van der Waals surface area contributed by atoms with Crippen LogP contribution >= 0.6 is 0 Å². The van der Waals surface area contributed by atoms with Gasteiger partial charge in [-0.25, -0.2) is 0 Å². The van der Waals surface area contributed by atoms with E-state index in [1.165, 1.54) is 0 Å². The van der Waals surface area contributed by atoms with Gasteiger partial charge in [0.05, 0.1) is 0 Å². The van der Waals surface area contributed by atoms with Crippen LogP contribution in [0.3, 0.4) is 0 Å². The zero-order chi connectivity index (χ0) is 10.7. The molecular weight excluding hydrogens is 286 g/mol. The topological polar surface area (TPSA) is 180 Å². The fourth-order valence-electron chi connectivity index (χ4n) is 0. The normalized spacial score (nSPS) is 7.85. The Morgan fingerprint density at radius 1 is 0.538 bits per heavy atom. The summed E-state index contributed by atoms with van der Waals surface area (Å²) in [6, 6.07) is 0. The summed E-state index contributed by atoms with van der Waals surface area (Å²) < 4.78 is 52.7. The fourth-order valence-corrected chi connectivity index (χ4v) is 0. The van der Waals surface area contributed by atoms with Crippen molar-refractivity contribution in [1.82, 2.24) is 0 Å². The van der Waals surface area contributed by atoms with Crippen LogP contribution in [0.2, 0.25) is 0 Å². The molecule has 0 aliphatic carbocycles. The Labute approximate surface area is 90.7 Å². The minimum absolute atomic E-state index is 0. The van der Waals surface area contributed by atoms with E-state index in [9.17, 15) is 0 Å². The Kier molecular flexibility index (Phi) is 32.4. The summed E-state index contributed by atoms with van der Waals surface area (Å²) in [6.45, 7) is 0. The minimum atomic E-state index is -2.36. The molecule has 0 saturated carbocycles. The standard InChI is InChI=1S/Cr.3H2NO2S/c;3*1-4(2)3/h;3*(H2,1,2,3)/q+3;3*-1. The first-order valence-corrected chi connectivity index (χ1v) is 5.12. The molecule has 0 saturated heterocycles. The van der Waals surface area contributed by atoms with Crippen molar-refractivity contribution in [3.8, 4) is 0 Å². The zero-order valence-electron chi connectivity index (χ0n) is 5.81. The van der Waals surface area contributed by atoms with Gasteiger partial charge in [-0.3, -0.25) is 0 Å². The van der Waals surface area contributed by atoms with E-state index in [2.05, 4.69) is 15.4 Å². The van der Waals surface area contributed by atoms with Crippen LogP contribution in [0.25, 0.3) is 0 Å². The van der Waals surface area contributed by atoms with E-state index in [-0.39, 0.29) is 17.4 Å². The Balaban J connectivity index is -0.0000000450. The third-order valence-corrected chi connectivity index (χ3v) is 0. The molecule has 0 unspecified atom stereocenters. The van der Waals surface area contributed by atoms with Crippen molar-refractivity contribution in [1.29, 1.82) is 0 Å². The van der Waals surface area contributed by atoms with Crippen LogP contribution in [0.4, 0.5) is 0 Å². The molecular formula is H6CrN3O6S3. The van der Waals surface area contributed by atoms with Gasteiger partial charge in [-0.2, -0.15) is 0 Å². The predicted molar refractivity (Wildman–Crippen MR) is 38.8 cm³/mol. The molecule has 0 aromatic heterocycles. The van der Waals surface area contributed by atoms with Gasteiger partial charge in [0.2, 0.25) is 0 Å². The van der Waals surface area contributed by atoms with Gasteiger partial charge < -0.3 is 40.7 Å². The van der Waals surface area contributed by atoms with Gasteiger partial charge >= 0.3 is 17.4 Å². The van der Waals surface area contributed by atoms with Crippen molar-refractivity contribution in [2.75, 3.05) is 0 Å². The smallest absolute Gasteiger partial charge is 0.409 e. The molecule has 13 heavy (non-hydrogen) atoms. The Morgan fingerprint density at radius 2 is 0.538 bits per heavy atom. The second-order valence-corrected chi connectivity index (χ2v) is 2.34. The summed E-state index contributed by atoms with van der Waals surface area (Å²) in [7, 11) is -7.08. The monoisotopic (exact) mass is 292 g/mol. The third-order valence-electron chi connectivity index (χ3n) is 0. The molecule has 0 fully saturated rings. The maximum Gasteiger partial charge on any atom is 3.00 e. The summed E-state index contributed by atoms with van der Waals surface area (Å²) in [5, 5.41) is 12.1. The molecule has 9 nitrogen and oxygen atoms in total. The molecule has 0 amide bonds. The maximum atomic E-state index is 8.78. The first kappa shape index (κ1) is 23.2. The van der Waals surface area contributed by atoms with Crippen LogP contribution in [0.5, 0.6) is 0 Å². The van der Waals surface area contributed by atoms with Gasteiger partial charge in [0, 0.05) is 0 Å². The molecule has 0 aliphatic rings. The van der Waals surface area contributed by atoms with Crippen molar-refractivity contribution in [2.24, 2.45) is 15.4 Å². The van der Waals surface area contributed by atoms with Crippen molar-refractivity contribution in [3.05, 3.63) is 0 Å². The molecule has 0 aromatic rings. The number of hydrogen-bond acceptors (Lipinski definition) is 9. The molecule has 0 bridgehead atoms. The second-order valence-electron chi connectivity index (χ2n) is 0.781. The summed E-state index contributed by atoms with van der Waals surface area (Å²) in [5.41, 5.74) is 0. The van der Waals surface area contributed by atoms with Crippen LogP contribution in [0.1, 0.15) is 0 Å². The number of nitrogens with two attached hydrogens (primary N) is 3. The molecule has 6 N–H and O–H groups in total. The minimum Gasteiger partial charge on any atom is -0.409 e. The zero-order valence-corrected chi connectivity index (χ0v) is 9.54. The molecule has 0 aromatic carbocycles. The second kappa shape index (κ2) is 18.1. The quantitative estimate of drug-likeness (QED) is 0.415. The van der Waals surface area contributed by atoms with Gasteiger partial charge in [0.1, 0.15) is 0 Å². The molecule has 0 atom stereocenters. The van der Waals surface area contributed by atoms with E-state index in [1.54, 1.807) is 0 Å². The summed E-state index contributed by atoms with van der Waals surface area (Å²) in [5.74, 6) is 0. The largest absolute Gasteiger partial charge is 3.00 e. The van der Waals surface area contributed by atoms with Gasteiger partial charge in [-0.15, -0.1) is 0 Å². The fraction of sp³-hybridized carbons (Fsp3) is 0. The van der Waals surface area contributed by atoms with Gasteiger partial charge in [-0.1, -0.05) is 0 Å². The van der Waals surface area contributed by atoms with Crippen LogP contribution < -0.4 is 15.4 Å². The molecule has 1 radical (unpaired) electrons.